The van der Waals surface area contributed by atoms with Crippen LogP contribution in [0.4, 0.5) is 0 Å². The van der Waals surface area contributed by atoms with E-state index in [1.165, 1.54) is 22.3 Å². The van der Waals surface area contributed by atoms with Crippen LogP contribution in [-0.2, 0) is 6.42 Å². The molecule has 0 radical (unpaired) electrons. The van der Waals surface area contributed by atoms with Crippen LogP contribution in [0.1, 0.15) is 28.3 Å². The zero-order valence-electron chi connectivity index (χ0n) is 11.9. The highest BCUT2D eigenvalue weighted by Gasteiger charge is 2.31. The zero-order chi connectivity index (χ0) is 14.1. The molecule has 0 fully saturated rings. The lowest BCUT2D eigenvalue weighted by atomic mass is 9.94. The number of hydrogen-bond acceptors (Lipinski definition) is 3. The summed E-state index contributed by atoms with van der Waals surface area (Å²) in [5, 5.41) is 0. The fourth-order valence-electron chi connectivity index (χ4n) is 2.97. The molecule has 1 heterocycles. The van der Waals surface area contributed by atoms with Crippen molar-refractivity contribution < 1.29 is 4.74 Å². The minimum absolute atomic E-state index is 0.00278. The number of rotatable bonds is 3. The summed E-state index contributed by atoms with van der Waals surface area (Å²) in [7, 11) is 0. The van der Waals surface area contributed by atoms with Crippen LogP contribution >= 0.6 is 0 Å². The molecule has 2 unspecified atom stereocenters. The van der Waals surface area contributed by atoms with E-state index in [2.05, 4.69) is 43.5 Å². The van der Waals surface area contributed by atoms with Gasteiger partial charge in [0.25, 0.3) is 0 Å². The van der Waals surface area contributed by atoms with Gasteiger partial charge in [0.05, 0.1) is 6.04 Å². The molecule has 0 saturated heterocycles. The SMILES string of the molecule is Cc1ccc(C(NN)C2Cc3ccccc3O2)c(C)c1. The second kappa shape index (κ2) is 5.27. The zero-order valence-corrected chi connectivity index (χ0v) is 11.9. The van der Waals surface area contributed by atoms with Crippen molar-refractivity contribution in [2.75, 3.05) is 0 Å². The summed E-state index contributed by atoms with van der Waals surface area (Å²) < 4.78 is 6.06. The Morgan fingerprint density at radius 1 is 1.20 bits per heavy atom. The number of benzene rings is 2. The smallest absolute Gasteiger partial charge is 0.124 e. The van der Waals surface area contributed by atoms with Crippen molar-refractivity contribution in [3.8, 4) is 5.75 Å². The van der Waals surface area contributed by atoms with Gasteiger partial charge in [0.2, 0.25) is 0 Å². The average molecular weight is 268 g/mol. The number of para-hydroxylation sites is 1. The van der Waals surface area contributed by atoms with Crippen molar-refractivity contribution >= 4 is 0 Å². The Labute approximate surface area is 119 Å². The van der Waals surface area contributed by atoms with E-state index in [1.54, 1.807) is 0 Å². The fraction of sp³-hybridized carbons (Fsp3) is 0.294. The van der Waals surface area contributed by atoms with Crippen LogP contribution in [0, 0.1) is 13.8 Å². The van der Waals surface area contributed by atoms with Crippen molar-refractivity contribution in [2.24, 2.45) is 5.84 Å². The van der Waals surface area contributed by atoms with Crippen molar-refractivity contribution in [1.29, 1.82) is 0 Å². The predicted octanol–water partition coefficient (Wildman–Crippen LogP) is 2.81. The number of hydrogen-bond donors (Lipinski definition) is 2. The standard InChI is InChI=1S/C17H20N2O/c1-11-7-8-14(12(2)9-11)17(19-18)16-10-13-5-3-4-6-15(13)20-16/h3-9,16-17,19H,10,18H2,1-2H3. The van der Waals surface area contributed by atoms with E-state index in [4.69, 9.17) is 10.6 Å². The van der Waals surface area contributed by atoms with Crippen LogP contribution in [0.15, 0.2) is 42.5 Å². The van der Waals surface area contributed by atoms with Gasteiger partial charge in [0.1, 0.15) is 11.9 Å². The van der Waals surface area contributed by atoms with Gasteiger partial charge in [-0.25, -0.2) is 5.43 Å². The molecule has 0 bridgehead atoms. The summed E-state index contributed by atoms with van der Waals surface area (Å²) in [6, 6.07) is 14.6. The average Bonchev–Trinajstić information content (AvgIpc) is 2.85. The highest BCUT2D eigenvalue weighted by molar-refractivity contribution is 5.40. The number of hydrazine groups is 1. The minimum Gasteiger partial charge on any atom is -0.488 e. The van der Waals surface area contributed by atoms with E-state index < -0.39 is 0 Å². The molecule has 0 aromatic heterocycles. The predicted molar refractivity (Wildman–Crippen MR) is 80.5 cm³/mol. The molecule has 1 aliphatic rings. The number of aryl methyl sites for hydroxylation is 2. The Bertz CT molecular complexity index is 599. The van der Waals surface area contributed by atoms with E-state index in [0.717, 1.165) is 12.2 Å². The second-order valence-corrected chi connectivity index (χ2v) is 5.47. The van der Waals surface area contributed by atoms with E-state index in [-0.39, 0.29) is 12.1 Å². The first-order valence-corrected chi connectivity index (χ1v) is 6.97. The Morgan fingerprint density at radius 2 is 2.00 bits per heavy atom. The fourth-order valence-corrected chi connectivity index (χ4v) is 2.97. The van der Waals surface area contributed by atoms with Gasteiger partial charge in [0, 0.05) is 6.42 Å². The molecular weight excluding hydrogens is 248 g/mol. The van der Waals surface area contributed by atoms with Gasteiger partial charge >= 0.3 is 0 Å². The third-order valence-corrected chi connectivity index (χ3v) is 3.98. The van der Waals surface area contributed by atoms with Crippen molar-refractivity contribution in [1.82, 2.24) is 5.43 Å². The van der Waals surface area contributed by atoms with Crippen LogP contribution in [0.2, 0.25) is 0 Å². The molecule has 2 atom stereocenters. The van der Waals surface area contributed by atoms with Crippen LogP contribution in [-0.4, -0.2) is 6.10 Å². The van der Waals surface area contributed by atoms with Crippen LogP contribution in [0.25, 0.3) is 0 Å². The molecule has 0 aliphatic carbocycles. The van der Waals surface area contributed by atoms with E-state index in [1.807, 2.05) is 18.2 Å². The van der Waals surface area contributed by atoms with Gasteiger partial charge in [-0.1, -0.05) is 42.0 Å². The summed E-state index contributed by atoms with van der Waals surface area (Å²) in [4.78, 5) is 0. The molecule has 3 nitrogen and oxygen atoms in total. The van der Waals surface area contributed by atoms with Crippen LogP contribution in [0.3, 0.4) is 0 Å². The molecule has 0 spiro atoms. The lowest BCUT2D eigenvalue weighted by Crippen LogP contribution is -2.39. The summed E-state index contributed by atoms with van der Waals surface area (Å²) in [5.74, 6) is 6.77. The molecule has 2 aromatic carbocycles. The molecule has 1 aliphatic heterocycles. The van der Waals surface area contributed by atoms with E-state index in [9.17, 15) is 0 Å². The third-order valence-electron chi connectivity index (χ3n) is 3.98. The second-order valence-electron chi connectivity index (χ2n) is 5.47. The van der Waals surface area contributed by atoms with Gasteiger partial charge < -0.3 is 4.74 Å². The van der Waals surface area contributed by atoms with Crippen molar-refractivity contribution in [3.63, 3.8) is 0 Å². The first-order chi connectivity index (χ1) is 9.69. The molecular formula is C17H20N2O. The first kappa shape index (κ1) is 13.2. The monoisotopic (exact) mass is 268 g/mol. The summed E-state index contributed by atoms with van der Waals surface area (Å²) >= 11 is 0. The summed E-state index contributed by atoms with van der Waals surface area (Å²) in [6.45, 7) is 4.22. The molecule has 104 valence electrons. The maximum atomic E-state index is 6.06. The quantitative estimate of drug-likeness (QED) is 0.664. The van der Waals surface area contributed by atoms with Crippen LogP contribution < -0.4 is 16.0 Å². The topological polar surface area (TPSA) is 47.3 Å². The van der Waals surface area contributed by atoms with Gasteiger partial charge in [0.15, 0.2) is 0 Å². The molecule has 0 saturated carbocycles. The summed E-state index contributed by atoms with van der Waals surface area (Å²) in [6.07, 6.45) is 0.928. The highest BCUT2D eigenvalue weighted by atomic mass is 16.5. The largest absolute Gasteiger partial charge is 0.488 e. The normalized spacial score (nSPS) is 18.4. The third kappa shape index (κ3) is 2.30. The molecule has 3 heteroatoms. The molecule has 3 rings (SSSR count). The number of nitrogens with two attached hydrogens (primary N) is 1. The molecule has 20 heavy (non-hydrogen) atoms. The lowest BCUT2D eigenvalue weighted by molar-refractivity contribution is 0.178. The summed E-state index contributed by atoms with van der Waals surface area (Å²) in [5.41, 5.74) is 7.89. The maximum Gasteiger partial charge on any atom is 0.124 e. The molecule has 2 aromatic rings. The first-order valence-electron chi connectivity index (χ1n) is 6.97. The number of nitrogens with one attached hydrogen (secondary N) is 1. The van der Waals surface area contributed by atoms with Gasteiger partial charge in [-0.3, -0.25) is 5.84 Å². The van der Waals surface area contributed by atoms with Gasteiger partial charge in [-0.05, 0) is 36.6 Å². The molecule has 0 amide bonds. The highest BCUT2D eigenvalue weighted by Crippen LogP contribution is 2.34. The Balaban J connectivity index is 1.89. The Kier molecular flexibility index (Phi) is 3.47. The number of ether oxygens (including phenoxy) is 1. The number of fused-ring (bicyclic) bond motifs is 1. The van der Waals surface area contributed by atoms with E-state index >= 15 is 0 Å². The minimum atomic E-state index is 0.00278. The van der Waals surface area contributed by atoms with Crippen LogP contribution in [0.5, 0.6) is 5.75 Å². The van der Waals surface area contributed by atoms with E-state index in [0.29, 0.717) is 0 Å². The Morgan fingerprint density at radius 3 is 2.70 bits per heavy atom. The van der Waals surface area contributed by atoms with Crippen molar-refractivity contribution in [2.45, 2.75) is 32.4 Å². The van der Waals surface area contributed by atoms with Crippen molar-refractivity contribution in [3.05, 3.63) is 64.7 Å². The van der Waals surface area contributed by atoms with Gasteiger partial charge in [-0.2, -0.15) is 0 Å². The maximum absolute atomic E-state index is 6.06. The molecule has 3 N–H and O–H groups in total. The Hall–Kier alpha value is -1.84. The lowest BCUT2D eigenvalue weighted by Gasteiger charge is -2.24. The van der Waals surface area contributed by atoms with Gasteiger partial charge in [-0.15, -0.1) is 0 Å².